The van der Waals surface area contributed by atoms with Crippen molar-refractivity contribution in [2.24, 2.45) is 23.5 Å². The molecule has 1 amide bonds. The van der Waals surface area contributed by atoms with Crippen molar-refractivity contribution in [1.82, 2.24) is 5.32 Å². The summed E-state index contributed by atoms with van der Waals surface area (Å²) >= 11 is 0. The van der Waals surface area contributed by atoms with Gasteiger partial charge in [0.25, 0.3) is 0 Å². The molecule has 2 unspecified atom stereocenters. The number of amides is 1. The molecule has 0 aromatic carbocycles. The molecule has 2 aliphatic rings. The van der Waals surface area contributed by atoms with E-state index in [-0.39, 0.29) is 17.9 Å². The lowest BCUT2D eigenvalue weighted by atomic mass is 9.81. The molecule has 2 aliphatic carbocycles. The van der Waals surface area contributed by atoms with Gasteiger partial charge in [0.05, 0.1) is 0 Å². The fraction of sp³-hybridized carbons (Fsp3) is 0.938. The largest absolute Gasteiger partial charge is 0.356 e. The quantitative estimate of drug-likeness (QED) is 0.822. The zero-order valence-electron chi connectivity index (χ0n) is 12.4. The molecule has 2 fully saturated rings. The highest BCUT2D eigenvalue weighted by Gasteiger charge is 2.25. The van der Waals surface area contributed by atoms with Gasteiger partial charge in [-0.1, -0.05) is 39.0 Å². The summed E-state index contributed by atoms with van der Waals surface area (Å²) in [7, 11) is 0. The van der Waals surface area contributed by atoms with Gasteiger partial charge in [0.2, 0.25) is 5.91 Å². The van der Waals surface area contributed by atoms with Crippen molar-refractivity contribution >= 4 is 5.91 Å². The zero-order chi connectivity index (χ0) is 13.7. The van der Waals surface area contributed by atoms with Crippen LogP contribution in [0.15, 0.2) is 0 Å². The highest BCUT2D eigenvalue weighted by Crippen LogP contribution is 2.30. The van der Waals surface area contributed by atoms with Gasteiger partial charge in [-0.15, -0.1) is 0 Å². The van der Waals surface area contributed by atoms with Gasteiger partial charge < -0.3 is 11.1 Å². The SMILES string of the molecule is CC1CCC(CCNC(=O)C2CCCC(N)C2)CC1. The maximum Gasteiger partial charge on any atom is 0.223 e. The van der Waals surface area contributed by atoms with E-state index in [9.17, 15) is 4.79 Å². The van der Waals surface area contributed by atoms with E-state index in [0.717, 1.165) is 50.5 Å². The van der Waals surface area contributed by atoms with E-state index in [1.807, 2.05) is 0 Å². The van der Waals surface area contributed by atoms with E-state index in [2.05, 4.69) is 12.2 Å². The average Bonchev–Trinajstić information content (AvgIpc) is 2.41. The Morgan fingerprint density at radius 1 is 1.16 bits per heavy atom. The van der Waals surface area contributed by atoms with Crippen molar-refractivity contribution < 1.29 is 4.79 Å². The topological polar surface area (TPSA) is 55.1 Å². The molecule has 0 aliphatic heterocycles. The van der Waals surface area contributed by atoms with Crippen molar-refractivity contribution in [2.75, 3.05) is 6.54 Å². The second-order valence-electron chi connectivity index (χ2n) is 6.83. The molecular weight excluding hydrogens is 236 g/mol. The van der Waals surface area contributed by atoms with Crippen molar-refractivity contribution in [3.8, 4) is 0 Å². The maximum absolute atomic E-state index is 12.1. The molecule has 2 atom stereocenters. The average molecular weight is 266 g/mol. The van der Waals surface area contributed by atoms with Gasteiger partial charge >= 0.3 is 0 Å². The van der Waals surface area contributed by atoms with E-state index in [1.54, 1.807) is 0 Å². The molecule has 110 valence electrons. The van der Waals surface area contributed by atoms with Crippen LogP contribution in [0.3, 0.4) is 0 Å². The summed E-state index contributed by atoms with van der Waals surface area (Å²) in [6, 6.07) is 0.240. The summed E-state index contributed by atoms with van der Waals surface area (Å²) in [5.74, 6) is 2.18. The molecule has 0 heterocycles. The lowest BCUT2D eigenvalue weighted by Gasteiger charge is -2.27. The Kier molecular flexibility index (Phi) is 5.68. The molecule has 0 saturated heterocycles. The lowest BCUT2D eigenvalue weighted by Crippen LogP contribution is -2.38. The van der Waals surface area contributed by atoms with E-state index in [1.165, 1.54) is 25.7 Å². The smallest absolute Gasteiger partial charge is 0.223 e. The molecule has 0 spiro atoms. The predicted octanol–water partition coefficient (Wildman–Crippen LogP) is 2.84. The molecule has 3 N–H and O–H groups in total. The third-order valence-electron chi connectivity index (χ3n) is 5.07. The van der Waals surface area contributed by atoms with Gasteiger partial charge in [-0.25, -0.2) is 0 Å². The van der Waals surface area contributed by atoms with Crippen molar-refractivity contribution in [3.63, 3.8) is 0 Å². The number of nitrogens with two attached hydrogens (primary N) is 1. The van der Waals surface area contributed by atoms with Crippen LogP contribution in [0.25, 0.3) is 0 Å². The van der Waals surface area contributed by atoms with Crippen LogP contribution in [-0.4, -0.2) is 18.5 Å². The van der Waals surface area contributed by atoms with Gasteiger partial charge in [0, 0.05) is 18.5 Å². The van der Waals surface area contributed by atoms with Gasteiger partial charge in [0.15, 0.2) is 0 Å². The fourth-order valence-corrected chi connectivity index (χ4v) is 3.63. The number of hydrogen-bond donors (Lipinski definition) is 2. The summed E-state index contributed by atoms with van der Waals surface area (Å²) in [5, 5.41) is 3.14. The predicted molar refractivity (Wildman–Crippen MR) is 78.7 cm³/mol. The normalized spacial score (nSPS) is 35.9. The molecule has 2 saturated carbocycles. The minimum absolute atomic E-state index is 0.176. The Bertz CT molecular complexity index is 284. The highest BCUT2D eigenvalue weighted by atomic mass is 16.1. The molecule has 2 rings (SSSR count). The summed E-state index contributed by atoms with van der Waals surface area (Å²) in [6.07, 6.45) is 10.7. The van der Waals surface area contributed by atoms with Crippen LogP contribution in [0.5, 0.6) is 0 Å². The summed E-state index contributed by atoms with van der Waals surface area (Å²) in [5.41, 5.74) is 5.94. The number of carbonyl (C=O) groups excluding carboxylic acids is 1. The minimum Gasteiger partial charge on any atom is -0.356 e. The summed E-state index contributed by atoms with van der Waals surface area (Å²) in [6.45, 7) is 3.22. The Balaban J connectivity index is 1.61. The number of rotatable bonds is 4. The van der Waals surface area contributed by atoms with E-state index < -0.39 is 0 Å². The summed E-state index contributed by atoms with van der Waals surface area (Å²) in [4.78, 5) is 12.1. The lowest BCUT2D eigenvalue weighted by molar-refractivity contribution is -0.126. The Hall–Kier alpha value is -0.570. The van der Waals surface area contributed by atoms with Crippen LogP contribution in [-0.2, 0) is 4.79 Å². The first-order valence-corrected chi connectivity index (χ1v) is 8.18. The first-order chi connectivity index (χ1) is 9.15. The first-order valence-electron chi connectivity index (χ1n) is 8.18. The molecule has 19 heavy (non-hydrogen) atoms. The molecule has 0 aromatic rings. The number of carbonyl (C=O) groups is 1. The van der Waals surface area contributed by atoms with Crippen LogP contribution >= 0.6 is 0 Å². The molecule has 0 bridgehead atoms. The molecular formula is C16H30N2O. The van der Waals surface area contributed by atoms with Crippen LogP contribution in [0.1, 0.15) is 64.7 Å². The first kappa shape index (κ1) is 14.8. The minimum atomic E-state index is 0.176. The van der Waals surface area contributed by atoms with Crippen LogP contribution < -0.4 is 11.1 Å². The standard InChI is InChI=1S/C16H30N2O/c1-12-5-7-13(8-6-12)9-10-18-16(19)14-3-2-4-15(17)11-14/h12-15H,2-11,17H2,1H3,(H,18,19). The summed E-state index contributed by atoms with van der Waals surface area (Å²) < 4.78 is 0. The third-order valence-corrected chi connectivity index (χ3v) is 5.07. The van der Waals surface area contributed by atoms with Crippen LogP contribution in [0.2, 0.25) is 0 Å². The molecule has 3 heteroatoms. The number of hydrogen-bond acceptors (Lipinski definition) is 2. The van der Waals surface area contributed by atoms with Crippen LogP contribution in [0, 0.1) is 17.8 Å². The zero-order valence-corrected chi connectivity index (χ0v) is 12.4. The van der Waals surface area contributed by atoms with E-state index in [4.69, 9.17) is 5.73 Å². The van der Waals surface area contributed by atoms with Gasteiger partial charge in [0.1, 0.15) is 0 Å². The third kappa shape index (κ3) is 4.79. The molecule has 0 aromatic heterocycles. The molecule has 3 nitrogen and oxygen atoms in total. The Morgan fingerprint density at radius 3 is 2.58 bits per heavy atom. The van der Waals surface area contributed by atoms with Crippen LogP contribution in [0.4, 0.5) is 0 Å². The second kappa shape index (κ2) is 7.28. The van der Waals surface area contributed by atoms with E-state index >= 15 is 0 Å². The second-order valence-corrected chi connectivity index (χ2v) is 6.83. The van der Waals surface area contributed by atoms with E-state index in [0.29, 0.717) is 0 Å². The Labute approximate surface area is 117 Å². The fourth-order valence-electron chi connectivity index (χ4n) is 3.63. The maximum atomic E-state index is 12.1. The Morgan fingerprint density at radius 2 is 1.89 bits per heavy atom. The highest BCUT2D eigenvalue weighted by molar-refractivity contribution is 5.78. The van der Waals surface area contributed by atoms with Gasteiger partial charge in [-0.2, -0.15) is 0 Å². The van der Waals surface area contributed by atoms with Crippen molar-refractivity contribution in [2.45, 2.75) is 70.8 Å². The number of nitrogens with one attached hydrogen (secondary N) is 1. The monoisotopic (exact) mass is 266 g/mol. The van der Waals surface area contributed by atoms with Gasteiger partial charge in [-0.3, -0.25) is 4.79 Å². The van der Waals surface area contributed by atoms with Gasteiger partial charge in [-0.05, 0) is 37.5 Å². The molecule has 0 radical (unpaired) electrons. The van der Waals surface area contributed by atoms with Crippen molar-refractivity contribution in [1.29, 1.82) is 0 Å². The van der Waals surface area contributed by atoms with Crippen molar-refractivity contribution in [3.05, 3.63) is 0 Å².